The summed E-state index contributed by atoms with van der Waals surface area (Å²) in [6.07, 6.45) is 2.88. The SMILES string of the molecule is O=C(CCCc1nc(-c2cccs2)no1)NCCN1CCc2ccccc2C1. The predicted molar refractivity (Wildman–Crippen MR) is 109 cm³/mol. The number of carbonyl (C=O) groups excluding carboxylic acids is 1. The third-order valence-electron chi connectivity index (χ3n) is 4.96. The second kappa shape index (κ2) is 9.12. The van der Waals surface area contributed by atoms with Crippen LogP contribution in [0.5, 0.6) is 0 Å². The van der Waals surface area contributed by atoms with E-state index in [0.717, 1.165) is 30.9 Å². The summed E-state index contributed by atoms with van der Waals surface area (Å²) < 4.78 is 5.27. The average molecular weight is 397 g/mol. The van der Waals surface area contributed by atoms with Gasteiger partial charge in [0, 0.05) is 39.0 Å². The van der Waals surface area contributed by atoms with Crippen LogP contribution < -0.4 is 5.32 Å². The van der Waals surface area contributed by atoms with Crippen LogP contribution in [0.2, 0.25) is 0 Å². The Bertz CT molecular complexity index is 907. The maximum absolute atomic E-state index is 12.1. The zero-order valence-corrected chi connectivity index (χ0v) is 16.6. The molecule has 0 saturated heterocycles. The number of rotatable bonds is 8. The van der Waals surface area contributed by atoms with Crippen LogP contribution in [-0.4, -0.2) is 40.6 Å². The zero-order chi connectivity index (χ0) is 19.2. The molecule has 7 heteroatoms. The van der Waals surface area contributed by atoms with Gasteiger partial charge in [0.2, 0.25) is 17.6 Å². The molecule has 4 rings (SSSR count). The van der Waals surface area contributed by atoms with Crippen LogP contribution in [0.25, 0.3) is 10.7 Å². The minimum Gasteiger partial charge on any atom is -0.355 e. The summed E-state index contributed by atoms with van der Waals surface area (Å²) in [5.41, 5.74) is 2.85. The van der Waals surface area contributed by atoms with Crippen molar-refractivity contribution in [1.82, 2.24) is 20.4 Å². The zero-order valence-electron chi connectivity index (χ0n) is 15.8. The minimum absolute atomic E-state index is 0.0791. The third-order valence-corrected chi connectivity index (χ3v) is 5.83. The largest absolute Gasteiger partial charge is 0.355 e. The van der Waals surface area contributed by atoms with Crippen molar-refractivity contribution in [1.29, 1.82) is 0 Å². The number of hydrogen-bond acceptors (Lipinski definition) is 6. The van der Waals surface area contributed by atoms with Gasteiger partial charge in [0.05, 0.1) is 4.88 Å². The first kappa shape index (κ1) is 18.8. The summed E-state index contributed by atoms with van der Waals surface area (Å²) in [6, 6.07) is 12.5. The normalized spacial score (nSPS) is 14.0. The molecule has 0 aliphatic carbocycles. The lowest BCUT2D eigenvalue weighted by molar-refractivity contribution is -0.121. The predicted octanol–water partition coefficient (Wildman–Crippen LogP) is 3.30. The number of amides is 1. The second-order valence-electron chi connectivity index (χ2n) is 6.99. The molecular formula is C21H24N4O2S. The van der Waals surface area contributed by atoms with Crippen LogP contribution in [-0.2, 0) is 24.2 Å². The van der Waals surface area contributed by atoms with E-state index in [1.54, 1.807) is 11.3 Å². The van der Waals surface area contributed by atoms with Crippen molar-refractivity contribution in [2.24, 2.45) is 0 Å². The lowest BCUT2D eigenvalue weighted by Crippen LogP contribution is -2.37. The van der Waals surface area contributed by atoms with Crippen LogP contribution in [0.15, 0.2) is 46.3 Å². The quantitative estimate of drug-likeness (QED) is 0.633. The molecule has 3 aromatic rings. The number of aryl methyl sites for hydroxylation is 1. The fourth-order valence-electron chi connectivity index (χ4n) is 3.45. The summed E-state index contributed by atoms with van der Waals surface area (Å²) in [6.45, 7) is 3.59. The van der Waals surface area contributed by atoms with Crippen LogP contribution in [0.4, 0.5) is 0 Å². The fraction of sp³-hybridized carbons (Fsp3) is 0.381. The highest BCUT2D eigenvalue weighted by Crippen LogP contribution is 2.21. The van der Waals surface area contributed by atoms with Crippen molar-refractivity contribution in [3.8, 4) is 10.7 Å². The molecule has 2 aromatic heterocycles. The lowest BCUT2D eigenvalue weighted by atomic mass is 10.00. The summed E-state index contributed by atoms with van der Waals surface area (Å²) >= 11 is 1.58. The van der Waals surface area contributed by atoms with Gasteiger partial charge in [-0.1, -0.05) is 35.5 Å². The first-order chi connectivity index (χ1) is 13.8. The maximum Gasteiger partial charge on any atom is 0.226 e. The Morgan fingerprint density at radius 2 is 2.11 bits per heavy atom. The third kappa shape index (κ3) is 4.85. The first-order valence-electron chi connectivity index (χ1n) is 9.70. The van der Waals surface area contributed by atoms with Gasteiger partial charge in [-0.3, -0.25) is 9.69 Å². The van der Waals surface area contributed by atoms with E-state index in [1.807, 2.05) is 17.5 Å². The smallest absolute Gasteiger partial charge is 0.226 e. The van der Waals surface area contributed by atoms with E-state index < -0.39 is 0 Å². The van der Waals surface area contributed by atoms with Gasteiger partial charge in [0.15, 0.2) is 0 Å². The second-order valence-corrected chi connectivity index (χ2v) is 7.94. The Morgan fingerprint density at radius 3 is 2.96 bits per heavy atom. The van der Waals surface area contributed by atoms with E-state index >= 15 is 0 Å². The van der Waals surface area contributed by atoms with Gasteiger partial charge in [-0.05, 0) is 35.4 Å². The topological polar surface area (TPSA) is 71.3 Å². The summed E-state index contributed by atoms with van der Waals surface area (Å²) in [5.74, 6) is 1.29. The number of nitrogens with zero attached hydrogens (tertiary/aromatic N) is 3. The molecule has 0 saturated carbocycles. The van der Waals surface area contributed by atoms with Gasteiger partial charge in [0.1, 0.15) is 0 Å². The van der Waals surface area contributed by atoms with Crippen molar-refractivity contribution < 1.29 is 9.32 Å². The Hall–Kier alpha value is -2.51. The number of carbonyl (C=O) groups is 1. The van der Waals surface area contributed by atoms with Gasteiger partial charge < -0.3 is 9.84 Å². The van der Waals surface area contributed by atoms with Gasteiger partial charge in [-0.15, -0.1) is 11.3 Å². The summed E-state index contributed by atoms with van der Waals surface area (Å²) in [4.78, 5) is 19.8. The molecule has 1 aliphatic rings. The van der Waals surface area contributed by atoms with Crippen LogP contribution in [0.1, 0.15) is 29.9 Å². The van der Waals surface area contributed by atoms with E-state index in [9.17, 15) is 4.79 Å². The molecule has 3 heterocycles. The molecule has 0 atom stereocenters. The van der Waals surface area contributed by atoms with Gasteiger partial charge in [-0.2, -0.15) is 4.98 Å². The monoisotopic (exact) mass is 396 g/mol. The molecule has 1 amide bonds. The molecule has 0 bridgehead atoms. The highest BCUT2D eigenvalue weighted by molar-refractivity contribution is 7.13. The van der Waals surface area contributed by atoms with Crippen molar-refractivity contribution >= 4 is 17.2 Å². The maximum atomic E-state index is 12.1. The van der Waals surface area contributed by atoms with Crippen LogP contribution in [0, 0.1) is 0 Å². The van der Waals surface area contributed by atoms with Crippen molar-refractivity contribution in [2.45, 2.75) is 32.2 Å². The lowest BCUT2D eigenvalue weighted by Gasteiger charge is -2.28. The number of aromatic nitrogens is 2. The summed E-state index contributed by atoms with van der Waals surface area (Å²) in [5, 5.41) is 9.00. The Kier molecular flexibility index (Phi) is 6.14. The number of fused-ring (bicyclic) bond motifs is 1. The van der Waals surface area contributed by atoms with Crippen LogP contribution in [0.3, 0.4) is 0 Å². The molecule has 1 N–H and O–H groups in total. The average Bonchev–Trinajstić information content (AvgIpc) is 3.40. The van der Waals surface area contributed by atoms with Gasteiger partial charge in [0.25, 0.3) is 0 Å². The molecule has 0 unspecified atom stereocenters. The van der Waals surface area contributed by atoms with Crippen molar-refractivity contribution in [3.05, 3.63) is 58.8 Å². The van der Waals surface area contributed by atoms with Crippen LogP contribution >= 0.6 is 11.3 Å². The van der Waals surface area contributed by atoms with Crippen molar-refractivity contribution in [3.63, 3.8) is 0 Å². The van der Waals surface area contributed by atoms with E-state index in [2.05, 4.69) is 44.6 Å². The van der Waals surface area contributed by atoms with E-state index in [1.165, 1.54) is 11.1 Å². The molecule has 0 spiro atoms. The van der Waals surface area contributed by atoms with Gasteiger partial charge in [-0.25, -0.2) is 0 Å². The molecular weight excluding hydrogens is 372 g/mol. The molecule has 0 fully saturated rings. The minimum atomic E-state index is 0.0791. The first-order valence-corrected chi connectivity index (χ1v) is 10.6. The molecule has 0 radical (unpaired) electrons. The van der Waals surface area contributed by atoms with E-state index in [4.69, 9.17) is 4.52 Å². The number of benzene rings is 1. The summed E-state index contributed by atoms with van der Waals surface area (Å²) in [7, 11) is 0. The van der Waals surface area contributed by atoms with Crippen molar-refractivity contribution in [2.75, 3.05) is 19.6 Å². The Morgan fingerprint density at radius 1 is 1.21 bits per heavy atom. The molecule has 1 aliphatic heterocycles. The number of hydrogen-bond donors (Lipinski definition) is 1. The molecule has 146 valence electrons. The molecule has 1 aromatic carbocycles. The highest BCUT2D eigenvalue weighted by Gasteiger charge is 2.15. The molecule has 28 heavy (non-hydrogen) atoms. The standard InChI is InChI=1S/C21H24N4O2S/c26-19(8-3-9-20-23-21(24-27-20)18-7-4-14-28-18)22-11-13-25-12-10-16-5-1-2-6-17(16)15-25/h1-2,4-7,14H,3,8-13,15H2,(H,22,26). The van der Waals surface area contributed by atoms with Gasteiger partial charge >= 0.3 is 0 Å². The molecule has 6 nitrogen and oxygen atoms in total. The van der Waals surface area contributed by atoms with E-state index in [0.29, 0.717) is 37.5 Å². The number of thiophene rings is 1. The fourth-order valence-corrected chi connectivity index (χ4v) is 4.10. The number of nitrogens with one attached hydrogen (secondary N) is 1. The van der Waals surface area contributed by atoms with E-state index in [-0.39, 0.29) is 5.91 Å². The highest BCUT2D eigenvalue weighted by atomic mass is 32.1. The Labute approximate surface area is 168 Å². The Balaban J connectivity index is 1.13.